The Kier molecular flexibility index (Phi) is 2.59. The maximum atomic E-state index is 11.8. The van der Waals surface area contributed by atoms with Crippen molar-refractivity contribution in [1.82, 2.24) is 0 Å². The summed E-state index contributed by atoms with van der Waals surface area (Å²) in [4.78, 5) is 11.8. The van der Waals surface area contributed by atoms with Gasteiger partial charge in [-0.3, -0.25) is 0 Å². The zero-order valence-electron chi connectivity index (χ0n) is 9.72. The van der Waals surface area contributed by atoms with Gasteiger partial charge in [0.25, 0.3) is 8.32 Å². The van der Waals surface area contributed by atoms with Crippen molar-refractivity contribution >= 4 is 14.3 Å². The van der Waals surface area contributed by atoms with Crippen LogP contribution in [0.1, 0.15) is 32.6 Å². The number of allylic oxidation sites excluding steroid dienone is 2. The summed E-state index contributed by atoms with van der Waals surface area (Å²) in [6, 6.07) is 0. The summed E-state index contributed by atoms with van der Waals surface area (Å²) in [6.07, 6.45) is 6.84. The molecule has 0 N–H and O–H groups in total. The zero-order valence-corrected chi connectivity index (χ0v) is 10.7. The lowest BCUT2D eigenvalue weighted by atomic mass is 9.93. The Hall–Kier alpha value is -0.833. The molecule has 2 rings (SSSR count). The van der Waals surface area contributed by atoms with Gasteiger partial charge in [-0.2, -0.15) is 0 Å². The third-order valence-electron chi connectivity index (χ3n) is 3.44. The molecule has 0 saturated carbocycles. The Morgan fingerprint density at radius 1 is 1.33 bits per heavy atom. The fourth-order valence-electron chi connectivity index (χ4n) is 2.25. The van der Waals surface area contributed by atoms with E-state index in [1.807, 2.05) is 0 Å². The van der Waals surface area contributed by atoms with Gasteiger partial charge < -0.3 is 4.43 Å². The Balaban J connectivity index is 2.39. The molecule has 0 aromatic rings. The third kappa shape index (κ3) is 1.80. The van der Waals surface area contributed by atoms with Crippen LogP contribution in [0.5, 0.6) is 0 Å². The Labute approximate surface area is 92.1 Å². The second-order valence-electron chi connectivity index (χ2n) is 4.87. The highest BCUT2D eigenvalue weighted by atomic mass is 28.4. The standard InChI is InChI=1S/C12H18O2Si/c1-9-11(10-7-5-4-6-8-10)12(13)14-15(9,2)3/h7H,4-6,8H2,1-3H3. The number of carbonyl (C=O) groups excluding carboxylic acids is 1. The highest BCUT2D eigenvalue weighted by Gasteiger charge is 2.41. The molecule has 3 heteroatoms. The van der Waals surface area contributed by atoms with Crippen molar-refractivity contribution < 1.29 is 9.22 Å². The van der Waals surface area contributed by atoms with Gasteiger partial charge in [0.05, 0.1) is 5.57 Å². The lowest BCUT2D eigenvalue weighted by molar-refractivity contribution is -0.129. The summed E-state index contributed by atoms with van der Waals surface area (Å²) in [6.45, 7) is 6.26. The van der Waals surface area contributed by atoms with E-state index >= 15 is 0 Å². The van der Waals surface area contributed by atoms with E-state index in [9.17, 15) is 4.79 Å². The van der Waals surface area contributed by atoms with E-state index in [1.165, 1.54) is 23.6 Å². The van der Waals surface area contributed by atoms with Crippen LogP contribution in [0.3, 0.4) is 0 Å². The average Bonchev–Trinajstić information content (AvgIpc) is 2.38. The first-order valence-corrected chi connectivity index (χ1v) is 8.57. The molecule has 0 aromatic carbocycles. The number of hydrogen-bond donors (Lipinski definition) is 0. The molecule has 0 radical (unpaired) electrons. The first-order valence-electron chi connectivity index (χ1n) is 5.66. The fourth-order valence-corrected chi connectivity index (χ4v) is 3.83. The SMILES string of the molecule is CC1=C(C2=CCCCC2)C(=O)O[Si]1(C)C. The summed E-state index contributed by atoms with van der Waals surface area (Å²) in [5.41, 5.74) is 2.15. The van der Waals surface area contributed by atoms with Crippen LogP contribution in [0.2, 0.25) is 13.1 Å². The van der Waals surface area contributed by atoms with Crippen LogP contribution < -0.4 is 0 Å². The minimum absolute atomic E-state index is 0.0719. The van der Waals surface area contributed by atoms with Crippen molar-refractivity contribution in [3.63, 3.8) is 0 Å². The van der Waals surface area contributed by atoms with Crippen molar-refractivity contribution in [2.75, 3.05) is 0 Å². The summed E-state index contributed by atoms with van der Waals surface area (Å²) in [7, 11) is -1.86. The number of rotatable bonds is 1. The molecule has 0 aromatic heterocycles. The van der Waals surface area contributed by atoms with Gasteiger partial charge in [0.1, 0.15) is 0 Å². The first-order chi connectivity index (χ1) is 7.02. The molecule has 0 amide bonds. The Morgan fingerprint density at radius 3 is 2.53 bits per heavy atom. The van der Waals surface area contributed by atoms with E-state index in [4.69, 9.17) is 4.43 Å². The second-order valence-corrected chi connectivity index (χ2v) is 8.85. The fraction of sp³-hybridized carbons (Fsp3) is 0.583. The molecule has 0 unspecified atom stereocenters. The molecule has 1 heterocycles. The normalized spacial score (nSPS) is 25.3. The van der Waals surface area contributed by atoms with Crippen LogP contribution in [0.15, 0.2) is 22.4 Å². The summed E-state index contributed by atoms with van der Waals surface area (Å²) >= 11 is 0. The van der Waals surface area contributed by atoms with Gasteiger partial charge in [-0.1, -0.05) is 6.08 Å². The lowest BCUT2D eigenvalue weighted by Gasteiger charge is -2.14. The predicted octanol–water partition coefficient (Wildman–Crippen LogP) is 3.10. The minimum Gasteiger partial charge on any atom is -0.512 e. The van der Waals surface area contributed by atoms with Crippen molar-refractivity contribution in [2.24, 2.45) is 0 Å². The molecular weight excluding hydrogens is 204 g/mol. The highest BCUT2D eigenvalue weighted by Crippen LogP contribution is 2.35. The van der Waals surface area contributed by atoms with Gasteiger partial charge in [0.2, 0.25) is 0 Å². The Bertz CT molecular complexity index is 364. The van der Waals surface area contributed by atoms with Crippen LogP contribution in [-0.2, 0) is 9.22 Å². The molecule has 2 aliphatic rings. The summed E-state index contributed by atoms with van der Waals surface area (Å²) in [5.74, 6) is -0.0719. The van der Waals surface area contributed by atoms with Crippen LogP contribution in [0, 0.1) is 0 Å². The van der Waals surface area contributed by atoms with E-state index < -0.39 is 8.32 Å². The van der Waals surface area contributed by atoms with Crippen LogP contribution in [0.4, 0.5) is 0 Å². The summed E-state index contributed by atoms with van der Waals surface area (Å²) < 4.78 is 5.51. The van der Waals surface area contributed by atoms with E-state index in [0.29, 0.717) is 0 Å². The lowest BCUT2D eigenvalue weighted by Crippen LogP contribution is -2.28. The molecule has 0 fully saturated rings. The molecule has 0 bridgehead atoms. The molecule has 2 nitrogen and oxygen atoms in total. The van der Waals surface area contributed by atoms with E-state index in [0.717, 1.165) is 18.4 Å². The van der Waals surface area contributed by atoms with Crippen LogP contribution in [0.25, 0.3) is 0 Å². The van der Waals surface area contributed by atoms with Crippen molar-refractivity contribution in [2.45, 2.75) is 45.7 Å². The van der Waals surface area contributed by atoms with Crippen molar-refractivity contribution in [3.05, 3.63) is 22.4 Å². The molecule has 0 spiro atoms. The van der Waals surface area contributed by atoms with Gasteiger partial charge in [0.15, 0.2) is 0 Å². The molecule has 82 valence electrons. The third-order valence-corrected chi connectivity index (χ3v) is 6.19. The second kappa shape index (κ2) is 3.63. The number of carbonyl (C=O) groups is 1. The average molecular weight is 222 g/mol. The largest absolute Gasteiger partial charge is 0.512 e. The van der Waals surface area contributed by atoms with Crippen LogP contribution in [-0.4, -0.2) is 14.3 Å². The monoisotopic (exact) mass is 222 g/mol. The quantitative estimate of drug-likeness (QED) is 0.637. The minimum atomic E-state index is -1.86. The Morgan fingerprint density at radius 2 is 2.07 bits per heavy atom. The van der Waals surface area contributed by atoms with Crippen molar-refractivity contribution in [1.29, 1.82) is 0 Å². The van der Waals surface area contributed by atoms with Gasteiger partial charge in [-0.05, 0) is 56.5 Å². The molecule has 0 saturated heterocycles. The summed E-state index contributed by atoms with van der Waals surface area (Å²) in [5, 5.41) is 1.22. The van der Waals surface area contributed by atoms with Gasteiger partial charge in [0, 0.05) is 0 Å². The molecule has 1 aliphatic carbocycles. The molecular formula is C12H18O2Si. The van der Waals surface area contributed by atoms with E-state index in [1.54, 1.807) is 0 Å². The first kappa shape index (κ1) is 10.7. The highest BCUT2D eigenvalue weighted by molar-refractivity contribution is 6.82. The smallest absolute Gasteiger partial charge is 0.324 e. The topological polar surface area (TPSA) is 26.3 Å². The number of hydrogen-bond acceptors (Lipinski definition) is 2. The van der Waals surface area contributed by atoms with E-state index in [2.05, 4.69) is 26.1 Å². The van der Waals surface area contributed by atoms with Gasteiger partial charge >= 0.3 is 5.97 Å². The van der Waals surface area contributed by atoms with Crippen LogP contribution >= 0.6 is 0 Å². The van der Waals surface area contributed by atoms with E-state index in [-0.39, 0.29) is 5.97 Å². The molecule has 15 heavy (non-hydrogen) atoms. The zero-order chi connectivity index (χ0) is 11.1. The van der Waals surface area contributed by atoms with Crippen molar-refractivity contribution in [3.8, 4) is 0 Å². The molecule has 1 aliphatic heterocycles. The predicted molar refractivity (Wildman–Crippen MR) is 62.8 cm³/mol. The van der Waals surface area contributed by atoms with Gasteiger partial charge in [-0.25, -0.2) is 4.79 Å². The maximum Gasteiger partial charge on any atom is 0.324 e. The van der Waals surface area contributed by atoms with Gasteiger partial charge in [-0.15, -0.1) is 0 Å². The maximum absolute atomic E-state index is 11.8. The molecule has 0 atom stereocenters.